The van der Waals surface area contributed by atoms with Crippen LogP contribution in [0.1, 0.15) is 18.6 Å². The summed E-state index contributed by atoms with van der Waals surface area (Å²) < 4.78 is 5.25. The smallest absolute Gasteiger partial charge is 0.117 e. The number of hydrogen-bond acceptors (Lipinski definition) is 3. The van der Waals surface area contributed by atoms with Gasteiger partial charge >= 0.3 is 0 Å². The molecule has 1 aliphatic heterocycles. The van der Waals surface area contributed by atoms with E-state index >= 15 is 0 Å². The van der Waals surface area contributed by atoms with Gasteiger partial charge in [-0.15, -0.1) is 0 Å². The highest BCUT2D eigenvalue weighted by Gasteiger charge is 2.17. The Morgan fingerprint density at radius 3 is 3.23 bits per heavy atom. The Morgan fingerprint density at radius 1 is 1.62 bits per heavy atom. The molecule has 0 aromatic carbocycles. The molecule has 0 spiro atoms. The van der Waals surface area contributed by atoms with Crippen LogP contribution in [0, 0.1) is 0 Å². The first kappa shape index (κ1) is 8.78. The maximum absolute atomic E-state index is 9.44. The van der Waals surface area contributed by atoms with Gasteiger partial charge in [0.2, 0.25) is 0 Å². The van der Waals surface area contributed by atoms with Crippen molar-refractivity contribution >= 4 is 0 Å². The van der Waals surface area contributed by atoms with Gasteiger partial charge in [0.25, 0.3) is 0 Å². The van der Waals surface area contributed by atoms with Crippen LogP contribution in [0.15, 0.2) is 22.8 Å². The highest BCUT2D eigenvalue weighted by molar-refractivity contribution is 4.98. The van der Waals surface area contributed by atoms with Gasteiger partial charge in [-0.2, -0.15) is 0 Å². The van der Waals surface area contributed by atoms with Crippen LogP contribution in [0.5, 0.6) is 0 Å². The summed E-state index contributed by atoms with van der Waals surface area (Å²) in [5, 5.41) is 9.44. The Labute approximate surface area is 78.0 Å². The molecule has 1 N–H and O–H groups in total. The van der Waals surface area contributed by atoms with Crippen molar-refractivity contribution in [2.75, 3.05) is 13.1 Å². The van der Waals surface area contributed by atoms with Gasteiger partial charge in [-0.05, 0) is 31.5 Å². The first-order valence-corrected chi connectivity index (χ1v) is 4.77. The van der Waals surface area contributed by atoms with Crippen LogP contribution in [-0.4, -0.2) is 29.2 Å². The third kappa shape index (κ3) is 2.32. The molecule has 0 unspecified atom stereocenters. The van der Waals surface area contributed by atoms with E-state index in [9.17, 15) is 5.11 Å². The molecule has 1 saturated heterocycles. The molecular formula is C10H15NO2. The fourth-order valence-electron chi connectivity index (χ4n) is 1.80. The van der Waals surface area contributed by atoms with E-state index in [1.807, 2.05) is 12.1 Å². The fourth-order valence-corrected chi connectivity index (χ4v) is 1.80. The number of β-amino-alcohol motifs (C(OH)–C–C–N with tert-alkyl or cyclic N) is 1. The molecule has 1 aromatic heterocycles. The minimum absolute atomic E-state index is 0.149. The topological polar surface area (TPSA) is 36.6 Å². The van der Waals surface area contributed by atoms with E-state index in [4.69, 9.17) is 4.42 Å². The van der Waals surface area contributed by atoms with Crippen LogP contribution in [-0.2, 0) is 6.54 Å². The molecule has 3 heteroatoms. The number of aliphatic hydroxyl groups excluding tert-OH is 1. The van der Waals surface area contributed by atoms with Crippen molar-refractivity contribution in [3.8, 4) is 0 Å². The van der Waals surface area contributed by atoms with Crippen molar-refractivity contribution < 1.29 is 9.52 Å². The summed E-state index contributed by atoms with van der Waals surface area (Å²) >= 11 is 0. The van der Waals surface area contributed by atoms with Gasteiger partial charge in [0.15, 0.2) is 0 Å². The predicted molar refractivity (Wildman–Crippen MR) is 49.2 cm³/mol. The molecule has 1 fully saturated rings. The van der Waals surface area contributed by atoms with Gasteiger partial charge in [0, 0.05) is 6.54 Å². The number of aliphatic hydroxyl groups is 1. The molecule has 13 heavy (non-hydrogen) atoms. The summed E-state index contributed by atoms with van der Waals surface area (Å²) in [6.45, 7) is 2.67. The zero-order valence-electron chi connectivity index (χ0n) is 7.65. The first-order valence-electron chi connectivity index (χ1n) is 4.77. The SMILES string of the molecule is O[C@@H]1CCCN(Cc2ccco2)C1. The molecule has 0 bridgehead atoms. The van der Waals surface area contributed by atoms with Gasteiger partial charge in [-0.3, -0.25) is 4.90 Å². The Hall–Kier alpha value is -0.800. The lowest BCUT2D eigenvalue weighted by Crippen LogP contribution is -2.37. The standard InChI is InChI=1S/C10H15NO2/c12-9-3-1-5-11(7-9)8-10-4-2-6-13-10/h2,4,6,9,12H,1,3,5,7-8H2/t9-/m1/s1. The second kappa shape index (κ2) is 3.94. The molecule has 1 atom stereocenters. The van der Waals surface area contributed by atoms with Crippen LogP contribution < -0.4 is 0 Å². The van der Waals surface area contributed by atoms with Crippen LogP contribution in [0.2, 0.25) is 0 Å². The Bertz CT molecular complexity index is 245. The summed E-state index contributed by atoms with van der Waals surface area (Å²) in [5.41, 5.74) is 0. The first-order chi connectivity index (χ1) is 6.34. The third-order valence-corrected chi connectivity index (χ3v) is 2.44. The van der Waals surface area contributed by atoms with E-state index < -0.39 is 0 Å². The maximum atomic E-state index is 9.44. The molecule has 0 saturated carbocycles. The lowest BCUT2D eigenvalue weighted by atomic mass is 10.1. The van der Waals surface area contributed by atoms with Gasteiger partial charge < -0.3 is 9.52 Å². The van der Waals surface area contributed by atoms with E-state index in [0.717, 1.165) is 38.2 Å². The predicted octanol–water partition coefficient (Wildman–Crippen LogP) is 1.24. The summed E-state index contributed by atoms with van der Waals surface area (Å²) in [6.07, 6.45) is 3.57. The van der Waals surface area contributed by atoms with E-state index in [1.165, 1.54) is 0 Å². The van der Waals surface area contributed by atoms with Crippen molar-refractivity contribution in [2.45, 2.75) is 25.5 Å². The van der Waals surface area contributed by atoms with Crippen molar-refractivity contribution in [3.63, 3.8) is 0 Å². The zero-order valence-corrected chi connectivity index (χ0v) is 7.65. The number of rotatable bonds is 2. The molecule has 0 radical (unpaired) electrons. The molecule has 2 rings (SSSR count). The second-order valence-electron chi connectivity index (χ2n) is 3.61. The third-order valence-electron chi connectivity index (χ3n) is 2.44. The molecule has 72 valence electrons. The zero-order chi connectivity index (χ0) is 9.10. The molecular weight excluding hydrogens is 166 g/mol. The lowest BCUT2D eigenvalue weighted by Gasteiger charge is -2.28. The number of nitrogens with zero attached hydrogens (tertiary/aromatic N) is 1. The van der Waals surface area contributed by atoms with Gasteiger partial charge in [0.1, 0.15) is 5.76 Å². The van der Waals surface area contributed by atoms with Crippen LogP contribution >= 0.6 is 0 Å². The van der Waals surface area contributed by atoms with E-state index in [2.05, 4.69) is 4.90 Å². The molecule has 3 nitrogen and oxygen atoms in total. The average Bonchev–Trinajstić information content (AvgIpc) is 2.57. The molecule has 1 aliphatic rings. The Morgan fingerprint density at radius 2 is 2.54 bits per heavy atom. The molecule has 0 amide bonds. The van der Waals surface area contributed by atoms with E-state index in [-0.39, 0.29) is 6.10 Å². The van der Waals surface area contributed by atoms with Gasteiger partial charge in [-0.1, -0.05) is 0 Å². The minimum atomic E-state index is -0.149. The van der Waals surface area contributed by atoms with E-state index in [0.29, 0.717) is 0 Å². The van der Waals surface area contributed by atoms with Crippen LogP contribution in [0.4, 0.5) is 0 Å². The fraction of sp³-hybridized carbons (Fsp3) is 0.600. The second-order valence-corrected chi connectivity index (χ2v) is 3.61. The van der Waals surface area contributed by atoms with Crippen molar-refractivity contribution in [2.24, 2.45) is 0 Å². The summed E-state index contributed by atoms with van der Waals surface area (Å²) in [7, 11) is 0. The molecule has 2 heterocycles. The van der Waals surface area contributed by atoms with Gasteiger partial charge in [0.05, 0.1) is 18.9 Å². The maximum Gasteiger partial charge on any atom is 0.117 e. The normalized spacial score (nSPS) is 24.8. The van der Waals surface area contributed by atoms with Gasteiger partial charge in [-0.25, -0.2) is 0 Å². The number of furan rings is 1. The Balaban J connectivity index is 1.87. The van der Waals surface area contributed by atoms with Crippen LogP contribution in [0.25, 0.3) is 0 Å². The quantitative estimate of drug-likeness (QED) is 0.745. The number of likely N-dealkylation sites (tertiary alicyclic amines) is 1. The number of piperidine rings is 1. The van der Waals surface area contributed by atoms with Crippen molar-refractivity contribution in [1.29, 1.82) is 0 Å². The number of hydrogen-bond donors (Lipinski definition) is 1. The summed E-state index contributed by atoms with van der Waals surface area (Å²) in [6, 6.07) is 3.87. The lowest BCUT2D eigenvalue weighted by molar-refractivity contribution is 0.0633. The molecule has 1 aromatic rings. The van der Waals surface area contributed by atoms with E-state index in [1.54, 1.807) is 6.26 Å². The minimum Gasteiger partial charge on any atom is -0.468 e. The molecule has 0 aliphatic carbocycles. The van der Waals surface area contributed by atoms with Crippen molar-refractivity contribution in [1.82, 2.24) is 4.90 Å². The monoisotopic (exact) mass is 181 g/mol. The summed E-state index contributed by atoms with van der Waals surface area (Å²) in [4.78, 5) is 2.23. The average molecular weight is 181 g/mol. The van der Waals surface area contributed by atoms with Crippen molar-refractivity contribution in [3.05, 3.63) is 24.2 Å². The highest BCUT2D eigenvalue weighted by atomic mass is 16.3. The Kier molecular flexibility index (Phi) is 2.66. The highest BCUT2D eigenvalue weighted by Crippen LogP contribution is 2.13. The largest absolute Gasteiger partial charge is 0.468 e. The summed E-state index contributed by atoms with van der Waals surface area (Å²) in [5.74, 6) is 0.981. The van der Waals surface area contributed by atoms with Crippen LogP contribution in [0.3, 0.4) is 0 Å².